The lowest BCUT2D eigenvalue weighted by molar-refractivity contribution is -0.117. The van der Waals surface area contributed by atoms with Gasteiger partial charge in [0.05, 0.1) is 12.3 Å². The molecule has 2 heterocycles. The van der Waals surface area contributed by atoms with Crippen molar-refractivity contribution in [2.45, 2.75) is 6.61 Å². The monoisotopic (exact) mass is 315 g/mol. The van der Waals surface area contributed by atoms with Gasteiger partial charge in [0, 0.05) is 29.3 Å². The number of rotatable bonds is 5. The molecule has 0 radical (unpaired) electrons. The van der Waals surface area contributed by atoms with E-state index in [1.165, 1.54) is 12.4 Å². The molecule has 2 N–H and O–H groups in total. The van der Waals surface area contributed by atoms with Crippen molar-refractivity contribution in [2.75, 3.05) is 13.2 Å². The van der Waals surface area contributed by atoms with E-state index < -0.39 is 0 Å². The Labute approximate surface area is 131 Å². The quantitative estimate of drug-likeness (QED) is 0.862. The van der Waals surface area contributed by atoms with E-state index in [-0.39, 0.29) is 36.4 Å². The summed E-state index contributed by atoms with van der Waals surface area (Å²) in [5.74, 6) is -0.394. The van der Waals surface area contributed by atoms with Crippen molar-refractivity contribution in [3.05, 3.63) is 59.3 Å². The highest BCUT2D eigenvalue weighted by molar-refractivity contribution is 6.05. The van der Waals surface area contributed by atoms with Crippen LogP contribution in [0.1, 0.15) is 11.3 Å². The maximum absolute atomic E-state index is 13.6. The van der Waals surface area contributed by atoms with Gasteiger partial charge in [0.15, 0.2) is 0 Å². The summed E-state index contributed by atoms with van der Waals surface area (Å²) in [5, 5.41) is 11.9. The van der Waals surface area contributed by atoms with E-state index in [1.807, 2.05) is 0 Å². The zero-order valence-corrected chi connectivity index (χ0v) is 12.1. The van der Waals surface area contributed by atoms with Crippen LogP contribution in [0.3, 0.4) is 0 Å². The molecule has 0 saturated heterocycles. The average Bonchev–Trinajstić information content (AvgIpc) is 2.95. The molecule has 7 heteroatoms. The lowest BCUT2D eigenvalue weighted by atomic mass is 10.1. The number of aliphatic hydroxyl groups is 1. The number of carbonyl (C=O) groups excluding carboxylic acids is 1. The van der Waals surface area contributed by atoms with Crippen LogP contribution in [0.25, 0.3) is 5.57 Å². The lowest BCUT2D eigenvalue weighted by Gasteiger charge is -2.08. The fraction of sp³-hybridized carbons (Fsp3) is 0.188. The predicted octanol–water partition coefficient (Wildman–Crippen LogP) is 1.07. The first-order valence-corrected chi connectivity index (χ1v) is 6.98. The van der Waals surface area contributed by atoms with Gasteiger partial charge in [0.25, 0.3) is 0 Å². The fourth-order valence-electron chi connectivity index (χ4n) is 2.28. The zero-order chi connectivity index (χ0) is 16.2. The first-order valence-electron chi connectivity index (χ1n) is 6.98. The van der Waals surface area contributed by atoms with Crippen LogP contribution in [-0.4, -0.2) is 34.1 Å². The van der Waals surface area contributed by atoms with Gasteiger partial charge < -0.3 is 15.2 Å². The molecule has 23 heavy (non-hydrogen) atoms. The molecule has 1 aliphatic rings. The number of hydrogen-bond acceptors (Lipinski definition) is 5. The molecule has 0 atom stereocenters. The number of carbonyl (C=O) groups is 1. The molecule has 0 spiro atoms. The first-order chi connectivity index (χ1) is 11.2. The van der Waals surface area contributed by atoms with E-state index >= 15 is 0 Å². The Morgan fingerprint density at radius 1 is 1.30 bits per heavy atom. The van der Waals surface area contributed by atoms with Gasteiger partial charge in [-0.05, 0) is 6.07 Å². The van der Waals surface area contributed by atoms with E-state index in [0.29, 0.717) is 23.4 Å². The standard InChI is InChI=1S/C16H14FN3O3/c17-13-4-2-1-3-10(13)8-23-15-5-14(19-9-20-15)11-6-18-16(22)12(11)7-21/h1-5,9,21H,6-8H2,(H,18,22). The number of aliphatic hydroxyl groups excluding tert-OH is 1. The van der Waals surface area contributed by atoms with Gasteiger partial charge in [0.2, 0.25) is 11.8 Å². The third-order valence-electron chi connectivity index (χ3n) is 3.51. The Balaban J connectivity index is 1.80. The topological polar surface area (TPSA) is 84.3 Å². The molecule has 2 aromatic rings. The van der Waals surface area contributed by atoms with Crippen LogP contribution in [0, 0.1) is 5.82 Å². The molecule has 0 aliphatic carbocycles. The summed E-state index contributed by atoms with van der Waals surface area (Å²) < 4.78 is 19.1. The van der Waals surface area contributed by atoms with Gasteiger partial charge in [-0.1, -0.05) is 18.2 Å². The number of amides is 1. The second-order valence-electron chi connectivity index (χ2n) is 4.92. The van der Waals surface area contributed by atoms with E-state index in [0.717, 1.165) is 0 Å². The average molecular weight is 315 g/mol. The van der Waals surface area contributed by atoms with Crippen LogP contribution in [0.15, 0.2) is 42.2 Å². The Morgan fingerprint density at radius 3 is 2.91 bits per heavy atom. The van der Waals surface area contributed by atoms with Gasteiger partial charge in [-0.25, -0.2) is 14.4 Å². The first kappa shape index (κ1) is 15.1. The Hall–Kier alpha value is -2.80. The fourth-order valence-corrected chi connectivity index (χ4v) is 2.28. The molecule has 1 aliphatic heterocycles. The van der Waals surface area contributed by atoms with Crippen molar-refractivity contribution in [3.8, 4) is 5.88 Å². The van der Waals surface area contributed by atoms with Gasteiger partial charge >= 0.3 is 0 Å². The summed E-state index contributed by atoms with van der Waals surface area (Å²) in [7, 11) is 0. The highest BCUT2D eigenvalue weighted by atomic mass is 19.1. The zero-order valence-electron chi connectivity index (χ0n) is 12.1. The summed E-state index contributed by atoms with van der Waals surface area (Å²) in [6.07, 6.45) is 1.30. The largest absolute Gasteiger partial charge is 0.473 e. The second-order valence-corrected chi connectivity index (χ2v) is 4.92. The van der Waals surface area contributed by atoms with Crippen LogP contribution in [0.2, 0.25) is 0 Å². The molecule has 1 aromatic heterocycles. The van der Waals surface area contributed by atoms with Crippen molar-refractivity contribution in [2.24, 2.45) is 0 Å². The maximum Gasteiger partial charge on any atom is 0.250 e. The maximum atomic E-state index is 13.6. The number of halogens is 1. The van der Waals surface area contributed by atoms with E-state index in [4.69, 9.17) is 4.74 Å². The minimum Gasteiger partial charge on any atom is -0.473 e. The SMILES string of the molecule is O=C1NCC(c2cc(OCc3ccccc3F)ncn2)=C1CO. The van der Waals surface area contributed by atoms with Crippen LogP contribution in [0.4, 0.5) is 4.39 Å². The van der Waals surface area contributed by atoms with E-state index in [9.17, 15) is 14.3 Å². The predicted molar refractivity (Wildman–Crippen MR) is 79.8 cm³/mol. The molecule has 6 nitrogen and oxygen atoms in total. The Bertz CT molecular complexity index is 777. The molecule has 0 unspecified atom stereocenters. The molecule has 1 aromatic carbocycles. The highest BCUT2D eigenvalue weighted by Gasteiger charge is 2.23. The van der Waals surface area contributed by atoms with Crippen molar-refractivity contribution < 1.29 is 19.0 Å². The molecule has 0 saturated carbocycles. The molecular weight excluding hydrogens is 301 g/mol. The summed E-state index contributed by atoms with van der Waals surface area (Å²) in [6.45, 7) is -0.0404. The summed E-state index contributed by atoms with van der Waals surface area (Å²) >= 11 is 0. The van der Waals surface area contributed by atoms with Crippen molar-refractivity contribution in [1.82, 2.24) is 15.3 Å². The number of nitrogens with one attached hydrogen (secondary N) is 1. The van der Waals surface area contributed by atoms with E-state index in [1.54, 1.807) is 24.3 Å². The molecule has 1 amide bonds. The molecule has 0 bridgehead atoms. The van der Waals surface area contributed by atoms with Gasteiger partial charge in [-0.15, -0.1) is 0 Å². The van der Waals surface area contributed by atoms with Crippen molar-refractivity contribution in [1.29, 1.82) is 0 Å². The van der Waals surface area contributed by atoms with E-state index in [2.05, 4.69) is 15.3 Å². The highest BCUT2D eigenvalue weighted by Crippen LogP contribution is 2.23. The van der Waals surface area contributed by atoms with Gasteiger partial charge in [0.1, 0.15) is 18.8 Å². The normalized spacial score (nSPS) is 14.1. The number of nitrogens with zero attached hydrogens (tertiary/aromatic N) is 2. The van der Waals surface area contributed by atoms with Crippen molar-refractivity contribution in [3.63, 3.8) is 0 Å². The van der Waals surface area contributed by atoms with Crippen LogP contribution in [-0.2, 0) is 11.4 Å². The third-order valence-corrected chi connectivity index (χ3v) is 3.51. The third kappa shape index (κ3) is 3.19. The van der Waals surface area contributed by atoms with Crippen molar-refractivity contribution >= 4 is 11.5 Å². The van der Waals surface area contributed by atoms with Gasteiger partial charge in [-0.3, -0.25) is 4.79 Å². The van der Waals surface area contributed by atoms with Crippen LogP contribution >= 0.6 is 0 Å². The molecule has 3 rings (SSSR count). The van der Waals surface area contributed by atoms with Crippen LogP contribution < -0.4 is 10.1 Å². The number of aromatic nitrogens is 2. The Kier molecular flexibility index (Phi) is 4.29. The molecular formula is C16H14FN3O3. The smallest absolute Gasteiger partial charge is 0.250 e. The Morgan fingerprint density at radius 2 is 2.13 bits per heavy atom. The van der Waals surface area contributed by atoms with Crippen LogP contribution in [0.5, 0.6) is 5.88 Å². The summed E-state index contributed by atoms with van der Waals surface area (Å²) in [4.78, 5) is 19.7. The number of benzene rings is 1. The molecule has 0 fully saturated rings. The minimum atomic E-state index is -0.364. The number of hydrogen-bond donors (Lipinski definition) is 2. The molecule has 118 valence electrons. The minimum absolute atomic E-state index is 0.0339. The number of ether oxygens (including phenoxy) is 1. The lowest BCUT2D eigenvalue weighted by Crippen LogP contribution is -2.18. The summed E-state index contributed by atoms with van der Waals surface area (Å²) in [6, 6.07) is 7.88. The van der Waals surface area contributed by atoms with Gasteiger partial charge in [-0.2, -0.15) is 0 Å². The summed E-state index contributed by atoms with van der Waals surface area (Å²) in [5.41, 5.74) is 1.80. The second kappa shape index (κ2) is 6.53.